The number of aromatic nitrogens is 3. The third-order valence-electron chi connectivity index (χ3n) is 2.51. The van der Waals surface area contributed by atoms with Crippen molar-refractivity contribution in [3.63, 3.8) is 0 Å². The highest BCUT2D eigenvalue weighted by atomic mass is 32.1. The van der Waals surface area contributed by atoms with Gasteiger partial charge in [-0.05, 0) is 13.8 Å². The Hall–Kier alpha value is -1.89. The smallest absolute Gasteiger partial charge is 0.360 e. The average Bonchev–Trinajstić information content (AvgIpc) is 2.89. The van der Waals surface area contributed by atoms with Gasteiger partial charge in [-0.15, -0.1) is 11.3 Å². The Morgan fingerprint density at radius 1 is 1.56 bits per heavy atom. The lowest BCUT2D eigenvalue weighted by Crippen LogP contribution is -2.10. The van der Waals surface area contributed by atoms with E-state index >= 15 is 0 Å². The molecular weight excluding hydrogens is 252 g/mol. The minimum Gasteiger partial charge on any atom is -0.461 e. The first kappa shape index (κ1) is 12.6. The molecule has 0 unspecified atom stereocenters. The van der Waals surface area contributed by atoms with E-state index in [-0.39, 0.29) is 5.69 Å². The van der Waals surface area contributed by atoms with Gasteiger partial charge in [-0.1, -0.05) is 0 Å². The lowest BCUT2D eigenvalue weighted by molar-refractivity contribution is 0.0521. The molecule has 2 aromatic rings. The normalized spacial score (nSPS) is 10.6. The number of nitrogens with zero attached hydrogens (tertiary/aromatic N) is 3. The number of rotatable bonds is 4. The minimum absolute atomic E-state index is 0.166. The maximum absolute atomic E-state index is 11.6. The van der Waals surface area contributed by atoms with E-state index in [1.807, 2.05) is 6.92 Å². The highest BCUT2D eigenvalue weighted by Gasteiger charge is 2.17. The first-order valence-corrected chi connectivity index (χ1v) is 6.38. The Bertz CT molecular complexity index is 561. The maximum atomic E-state index is 11.6. The van der Waals surface area contributed by atoms with Crippen molar-refractivity contribution >= 4 is 23.1 Å². The fourth-order valence-corrected chi connectivity index (χ4v) is 2.28. The van der Waals surface area contributed by atoms with Crippen LogP contribution in [0.15, 0.2) is 11.8 Å². The first-order valence-electron chi connectivity index (χ1n) is 5.50. The average molecular weight is 266 g/mol. The van der Waals surface area contributed by atoms with Gasteiger partial charge in [0.25, 0.3) is 0 Å². The van der Waals surface area contributed by atoms with Crippen molar-refractivity contribution in [2.45, 2.75) is 20.4 Å². The molecular formula is C11H14N4O2S. The van der Waals surface area contributed by atoms with Gasteiger partial charge in [0, 0.05) is 4.88 Å². The van der Waals surface area contributed by atoms with Crippen LogP contribution < -0.4 is 5.73 Å². The van der Waals surface area contributed by atoms with Gasteiger partial charge in [0.2, 0.25) is 0 Å². The summed E-state index contributed by atoms with van der Waals surface area (Å²) in [6.45, 7) is 4.55. The number of anilines is 1. The molecule has 0 saturated carbocycles. The van der Waals surface area contributed by atoms with Gasteiger partial charge in [-0.3, -0.25) is 0 Å². The van der Waals surface area contributed by atoms with Crippen LogP contribution in [0.1, 0.15) is 28.0 Å². The van der Waals surface area contributed by atoms with Gasteiger partial charge in [-0.25, -0.2) is 14.8 Å². The van der Waals surface area contributed by atoms with Crippen LogP contribution in [0.5, 0.6) is 0 Å². The molecule has 0 atom stereocenters. The van der Waals surface area contributed by atoms with Gasteiger partial charge < -0.3 is 15.0 Å². The molecule has 2 aromatic heterocycles. The topological polar surface area (TPSA) is 83.0 Å². The molecule has 2 heterocycles. The maximum Gasteiger partial charge on any atom is 0.360 e. The van der Waals surface area contributed by atoms with Crippen LogP contribution in [0.25, 0.3) is 0 Å². The number of nitrogens with two attached hydrogens (primary N) is 1. The molecule has 0 aromatic carbocycles. The van der Waals surface area contributed by atoms with Gasteiger partial charge in [0.15, 0.2) is 5.69 Å². The van der Waals surface area contributed by atoms with Gasteiger partial charge >= 0.3 is 5.97 Å². The van der Waals surface area contributed by atoms with Crippen LogP contribution in [0.4, 0.5) is 5.82 Å². The number of carbonyl (C=O) groups is 1. The van der Waals surface area contributed by atoms with Crippen LogP contribution in [0.3, 0.4) is 0 Å². The third kappa shape index (κ3) is 2.35. The van der Waals surface area contributed by atoms with Gasteiger partial charge in [-0.2, -0.15) is 0 Å². The van der Waals surface area contributed by atoms with Crippen LogP contribution in [0.2, 0.25) is 0 Å². The summed E-state index contributed by atoms with van der Waals surface area (Å²) in [5, 5.41) is 0. The van der Waals surface area contributed by atoms with Crippen molar-refractivity contribution < 1.29 is 9.53 Å². The molecule has 0 aliphatic carbocycles. The number of esters is 1. The van der Waals surface area contributed by atoms with Crippen molar-refractivity contribution in [3.8, 4) is 0 Å². The Balaban J connectivity index is 2.21. The fraction of sp³-hybridized carbons (Fsp3) is 0.364. The van der Waals surface area contributed by atoms with E-state index in [1.165, 1.54) is 0 Å². The molecule has 0 radical (unpaired) electrons. The predicted molar refractivity (Wildman–Crippen MR) is 68.5 cm³/mol. The van der Waals surface area contributed by atoms with Crippen molar-refractivity contribution in [1.82, 2.24) is 14.5 Å². The summed E-state index contributed by atoms with van der Waals surface area (Å²) in [5.41, 5.74) is 8.80. The predicted octanol–water partition coefficient (Wildman–Crippen LogP) is 1.46. The van der Waals surface area contributed by atoms with Gasteiger partial charge in [0.05, 0.1) is 30.7 Å². The quantitative estimate of drug-likeness (QED) is 0.847. The second kappa shape index (κ2) is 5.18. The van der Waals surface area contributed by atoms with E-state index in [4.69, 9.17) is 10.5 Å². The van der Waals surface area contributed by atoms with Crippen LogP contribution >= 0.6 is 11.3 Å². The largest absolute Gasteiger partial charge is 0.461 e. The molecule has 6 nitrogen and oxygen atoms in total. The Kier molecular flexibility index (Phi) is 3.61. The van der Waals surface area contributed by atoms with Crippen LogP contribution in [-0.4, -0.2) is 27.1 Å². The number of nitrogen functional groups attached to an aromatic ring is 1. The summed E-state index contributed by atoms with van der Waals surface area (Å²) >= 11 is 1.55. The van der Waals surface area contributed by atoms with Crippen molar-refractivity contribution in [1.29, 1.82) is 0 Å². The number of carbonyl (C=O) groups excluding carboxylic acids is 1. The van der Waals surface area contributed by atoms with E-state index in [2.05, 4.69) is 9.97 Å². The zero-order valence-electron chi connectivity index (χ0n) is 10.2. The minimum atomic E-state index is -0.491. The Labute approximate surface area is 108 Å². The van der Waals surface area contributed by atoms with E-state index in [0.717, 1.165) is 10.6 Å². The summed E-state index contributed by atoms with van der Waals surface area (Å²) in [6, 6.07) is 0. The second-order valence-electron chi connectivity index (χ2n) is 3.69. The summed E-state index contributed by atoms with van der Waals surface area (Å²) < 4.78 is 6.59. The lowest BCUT2D eigenvalue weighted by Gasteiger charge is -2.04. The first-order chi connectivity index (χ1) is 8.63. The lowest BCUT2D eigenvalue weighted by atomic mass is 10.4. The molecule has 18 heavy (non-hydrogen) atoms. The Morgan fingerprint density at radius 3 is 2.94 bits per heavy atom. The number of thiazole rings is 1. The van der Waals surface area contributed by atoms with Gasteiger partial charge in [0.1, 0.15) is 5.82 Å². The van der Waals surface area contributed by atoms with Crippen LogP contribution in [-0.2, 0) is 11.3 Å². The second-order valence-corrected chi connectivity index (χ2v) is 4.63. The fourth-order valence-electron chi connectivity index (χ4n) is 1.51. The molecule has 7 heteroatoms. The molecule has 2 N–H and O–H groups in total. The SMILES string of the molecule is CCOC(=O)c1ncn(Cc2scnc2C)c1N. The van der Waals surface area contributed by atoms with E-state index < -0.39 is 5.97 Å². The van der Waals surface area contributed by atoms with Crippen molar-refractivity contribution in [2.75, 3.05) is 12.3 Å². The van der Waals surface area contributed by atoms with Crippen molar-refractivity contribution in [2.24, 2.45) is 0 Å². The highest BCUT2D eigenvalue weighted by Crippen LogP contribution is 2.18. The highest BCUT2D eigenvalue weighted by molar-refractivity contribution is 7.09. The molecule has 0 aliphatic heterocycles. The summed E-state index contributed by atoms with van der Waals surface area (Å²) in [6.07, 6.45) is 1.54. The summed E-state index contributed by atoms with van der Waals surface area (Å²) in [5.74, 6) is -0.170. The van der Waals surface area contributed by atoms with E-state index in [1.54, 1.807) is 34.7 Å². The monoisotopic (exact) mass is 266 g/mol. The molecule has 96 valence electrons. The zero-order chi connectivity index (χ0) is 13.1. The molecule has 0 amide bonds. The molecule has 0 spiro atoms. The molecule has 0 saturated heterocycles. The number of hydrogen-bond donors (Lipinski definition) is 1. The Morgan fingerprint density at radius 2 is 2.33 bits per heavy atom. The van der Waals surface area contributed by atoms with Crippen LogP contribution in [0, 0.1) is 6.92 Å². The number of ether oxygens (including phenoxy) is 1. The molecule has 0 bridgehead atoms. The van der Waals surface area contributed by atoms with E-state index in [0.29, 0.717) is 19.0 Å². The molecule has 0 fully saturated rings. The van der Waals surface area contributed by atoms with Crippen molar-refractivity contribution in [3.05, 3.63) is 28.1 Å². The number of hydrogen-bond acceptors (Lipinski definition) is 6. The summed E-state index contributed by atoms with van der Waals surface area (Å²) in [7, 11) is 0. The summed E-state index contributed by atoms with van der Waals surface area (Å²) in [4.78, 5) is 20.8. The number of aryl methyl sites for hydroxylation is 1. The zero-order valence-corrected chi connectivity index (χ0v) is 11.0. The number of imidazole rings is 1. The third-order valence-corrected chi connectivity index (χ3v) is 3.43. The van der Waals surface area contributed by atoms with E-state index in [9.17, 15) is 4.79 Å². The standard InChI is InChI=1S/C11H14N4O2S/c1-3-17-11(16)9-10(12)15(5-13-9)4-8-7(2)14-6-18-8/h5-6H,3-4,12H2,1-2H3. The molecule has 2 rings (SSSR count). The molecule has 0 aliphatic rings.